The van der Waals surface area contributed by atoms with Crippen molar-refractivity contribution in [1.82, 2.24) is 14.9 Å². The highest BCUT2D eigenvalue weighted by Crippen LogP contribution is 2.33. The number of carbonyl (C=O) groups excluding carboxylic acids is 2. The maximum Gasteiger partial charge on any atom is 0.227 e. The van der Waals surface area contributed by atoms with Gasteiger partial charge in [0.15, 0.2) is 0 Å². The van der Waals surface area contributed by atoms with E-state index in [0.29, 0.717) is 13.1 Å². The number of hydrogen-bond donors (Lipinski definition) is 2. The van der Waals surface area contributed by atoms with Gasteiger partial charge in [-0.1, -0.05) is 24.3 Å². The van der Waals surface area contributed by atoms with Crippen LogP contribution in [0, 0.1) is 11.8 Å². The van der Waals surface area contributed by atoms with Crippen LogP contribution in [-0.4, -0.2) is 39.8 Å². The number of amides is 2. The summed E-state index contributed by atoms with van der Waals surface area (Å²) in [5.74, 6) is 1.22. The van der Waals surface area contributed by atoms with Gasteiger partial charge in [0.25, 0.3) is 0 Å². The number of imidazole rings is 1. The Kier molecular flexibility index (Phi) is 4.54. The van der Waals surface area contributed by atoms with Gasteiger partial charge in [0, 0.05) is 30.5 Å². The van der Waals surface area contributed by atoms with Crippen LogP contribution in [0.2, 0.25) is 0 Å². The zero-order valence-corrected chi connectivity index (χ0v) is 16.2. The summed E-state index contributed by atoms with van der Waals surface area (Å²) < 4.78 is 0. The second kappa shape index (κ2) is 7.35. The molecule has 2 aromatic carbocycles. The van der Waals surface area contributed by atoms with E-state index in [1.807, 2.05) is 53.4 Å². The predicted octanol–water partition coefficient (Wildman–Crippen LogP) is 3.82. The van der Waals surface area contributed by atoms with Gasteiger partial charge in [-0.05, 0) is 49.9 Å². The lowest BCUT2D eigenvalue weighted by atomic mass is 9.95. The number of piperidine rings is 1. The minimum atomic E-state index is -0.0676. The molecule has 0 unspecified atom stereocenters. The van der Waals surface area contributed by atoms with Crippen molar-refractivity contribution >= 4 is 28.5 Å². The molecule has 1 saturated heterocycles. The van der Waals surface area contributed by atoms with Crippen LogP contribution in [0.25, 0.3) is 22.4 Å². The molecule has 1 aromatic heterocycles. The number of fused-ring (bicyclic) bond motifs is 1. The molecule has 6 nitrogen and oxygen atoms in total. The molecule has 2 aliphatic rings. The Hall–Kier alpha value is -3.15. The van der Waals surface area contributed by atoms with Gasteiger partial charge in [-0.3, -0.25) is 9.59 Å². The van der Waals surface area contributed by atoms with Crippen molar-refractivity contribution in [1.29, 1.82) is 0 Å². The number of para-hydroxylation sites is 3. The molecule has 3 aromatic rings. The molecule has 29 heavy (non-hydrogen) atoms. The lowest BCUT2D eigenvalue weighted by Gasteiger charge is -2.31. The van der Waals surface area contributed by atoms with E-state index < -0.39 is 0 Å². The monoisotopic (exact) mass is 388 g/mol. The lowest BCUT2D eigenvalue weighted by Crippen LogP contribution is -2.42. The van der Waals surface area contributed by atoms with E-state index in [4.69, 9.17) is 0 Å². The number of nitrogens with zero attached hydrogens (tertiary/aromatic N) is 2. The molecule has 1 saturated carbocycles. The third kappa shape index (κ3) is 3.62. The van der Waals surface area contributed by atoms with Gasteiger partial charge >= 0.3 is 0 Å². The van der Waals surface area contributed by atoms with E-state index in [9.17, 15) is 9.59 Å². The van der Waals surface area contributed by atoms with Crippen molar-refractivity contribution in [2.45, 2.75) is 25.7 Å². The third-order valence-electron chi connectivity index (χ3n) is 5.93. The molecule has 1 aliphatic heterocycles. The van der Waals surface area contributed by atoms with Crippen LogP contribution in [0.5, 0.6) is 0 Å². The molecule has 0 radical (unpaired) electrons. The summed E-state index contributed by atoms with van der Waals surface area (Å²) in [5, 5.41) is 3.10. The molecule has 148 valence electrons. The maximum absolute atomic E-state index is 12.9. The number of anilines is 1. The van der Waals surface area contributed by atoms with E-state index in [1.54, 1.807) is 0 Å². The Morgan fingerprint density at radius 2 is 1.66 bits per heavy atom. The highest BCUT2D eigenvalue weighted by atomic mass is 16.2. The number of carbonyl (C=O) groups is 2. The molecule has 0 spiro atoms. The average Bonchev–Trinajstić information content (AvgIpc) is 3.52. The Morgan fingerprint density at radius 3 is 2.41 bits per heavy atom. The standard InChI is InChI=1S/C23H24N4O2/c28-22(15-11-13-27(14-12-15)23(29)16-9-10-16)26-18-6-2-1-5-17(18)21-24-19-7-3-4-8-20(19)25-21/h1-8,15-16H,9-14H2,(H,24,25)(H,26,28). The van der Waals surface area contributed by atoms with Gasteiger partial charge in [0.05, 0.1) is 16.7 Å². The van der Waals surface area contributed by atoms with Crippen LogP contribution in [0.3, 0.4) is 0 Å². The number of rotatable bonds is 4. The van der Waals surface area contributed by atoms with Crippen LogP contribution >= 0.6 is 0 Å². The molecule has 2 heterocycles. The Morgan fingerprint density at radius 1 is 0.931 bits per heavy atom. The van der Waals surface area contributed by atoms with Crippen LogP contribution in [-0.2, 0) is 9.59 Å². The first-order valence-electron chi connectivity index (χ1n) is 10.3. The number of benzene rings is 2. The van der Waals surface area contributed by atoms with E-state index in [2.05, 4.69) is 15.3 Å². The lowest BCUT2D eigenvalue weighted by molar-refractivity contribution is -0.135. The van der Waals surface area contributed by atoms with Crippen molar-refractivity contribution < 1.29 is 9.59 Å². The quantitative estimate of drug-likeness (QED) is 0.713. The Bertz CT molecular complexity index is 1030. The van der Waals surface area contributed by atoms with Gasteiger partial charge in [0.2, 0.25) is 11.8 Å². The molecule has 0 atom stereocenters. The molecule has 0 bridgehead atoms. The molecular weight excluding hydrogens is 364 g/mol. The number of aromatic nitrogens is 2. The smallest absolute Gasteiger partial charge is 0.227 e. The predicted molar refractivity (Wildman–Crippen MR) is 112 cm³/mol. The fourth-order valence-electron chi connectivity index (χ4n) is 4.06. The second-order valence-corrected chi connectivity index (χ2v) is 8.01. The molecular formula is C23H24N4O2. The normalized spacial score (nSPS) is 17.4. The summed E-state index contributed by atoms with van der Waals surface area (Å²) in [6.45, 7) is 1.36. The minimum absolute atomic E-state index is 0.0204. The summed E-state index contributed by atoms with van der Waals surface area (Å²) in [6, 6.07) is 15.6. The SMILES string of the molecule is O=C(Nc1ccccc1-c1nc2ccccc2[nH]1)C1CCN(C(=O)C2CC2)CC1. The summed E-state index contributed by atoms with van der Waals surface area (Å²) in [6.07, 6.45) is 3.49. The second-order valence-electron chi connectivity index (χ2n) is 8.01. The molecule has 5 rings (SSSR count). The largest absolute Gasteiger partial charge is 0.342 e. The summed E-state index contributed by atoms with van der Waals surface area (Å²) in [4.78, 5) is 35.1. The van der Waals surface area contributed by atoms with Crippen LogP contribution in [0.1, 0.15) is 25.7 Å². The van der Waals surface area contributed by atoms with Crippen molar-refractivity contribution in [3.63, 3.8) is 0 Å². The average molecular weight is 388 g/mol. The highest BCUT2D eigenvalue weighted by Gasteiger charge is 2.36. The highest BCUT2D eigenvalue weighted by molar-refractivity contribution is 5.97. The van der Waals surface area contributed by atoms with Gasteiger partial charge < -0.3 is 15.2 Å². The molecule has 2 amide bonds. The van der Waals surface area contributed by atoms with Gasteiger partial charge in [-0.2, -0.15) is 0 Å². The fourth-order valence-corrected chi connectivity index (χ4v) is 4.06. The number of likely N-dealkylation sites (tertiary alicyclic amines) is 1. The fraction of sp³-hybridized carbons (Fsp3) is 0.348. The first kappa shape index (κ1) is 17.9. The Labute approximate surface area is 169 Å². The third-order valence-corrected chi connectivity index (χ3v) is 5.93. The number of nitrogens with one attached hydrogen (secondary N) is 2. The van der Waals surface area contributed by atoms with Crippen molar-refractivity contribution in [3.05, 3.63) is 48.5 Å². The van der Waals surface area contributed by atoms with Crippen molar-refractivity contribution in [2.24, 2.45) is 11.8 Å². The topological polar surface area (TPSA) is 78.1 Å². The molecule has 2 N–H and O–H groups in total. The van der Waals surface area contributed by atoms with E-state index in [1.165, 1.54) is 0 Å². The summed E-state index contributed by atoms with van der Waals surface area (Å²) in [5.41, 5.74) is 3.50. The number of H-pyrrole nitrogens is 1. The molecule has 6 heteroatoms. The summed E-state index contributed by atoms with van der Waals surface area (Å²) >= 11 is 0. The van der Waals surface area contributed by atoms with Crippen molar-refractivity contribution in [2.75, 3.05) is 18.4 Å². The number of hydrogen-bond acceptors (Lipinski definition) is 3. The Balaban J connectivity index is 1.29. The molecule has 2 fully saturated rings. The van der Waals surface area contributed by atoms with E-state index >= 15 is 0 Å². The van der Waals surface area contributed by atoms with Gasteiger partial charge in [0.1, 0.15) is 5.82 Å². The maximum atomic E-state index is 12.9. The zero-order valence-electron chi connectivity index (χ0n) is 16.2. The van der Waals surface area contributed by atoms with E-state index in [0.717, 1.165) is 53.8 Å². The first-order chi connectivity index (χ1) is 14.2. The van der Waals surface area contributed by atoms with Crippen LogP contribution < -0.4 is 5.32 Å². The van der Waals surface area contributed by atoms with Gasteiger partial charge in [-0.25, -0.2) is 4.98 Å². The molecule has 1 aliphatic carbocycles. The van der Waals surface area contributed by atoms with E-state index in [-0.39, 0.29) is 23.7 Å². The first-order valence-corrected chi connectivity index (χ1v) is 10.3. The van der Waals surface area contributed by atoms with Gasteiger partial charge in [-0.15, -0.1) is 0 Å². The van der Waals surface area contributed by atoms with Crippen LogP contribution in [0.4, 0.5) is 5.69 Å². The van der Waals surface area contributed by atoms with Crippen LogP contribution in [0.15, 0.2) is 48.5 Å². The minimum Gasteiger partial charge on any atom is -0.342 e. The van der Waals surface area contributed by atoms with Crippen molar-refractivity contribution in [3.8, 4) is 11.4 Å². The summed E-state index contributed by atoms with van der Waals surface area (Å²) in [7, 11) is 0. The zero-order chi connectivity index (χ0) is 19.8. The number of aromatic amines is 1.